The van der Waals surface area contributed by atoms with E-state index in [0.29, 0.717) is 36.4 Å². The number of piperidine rings is 2. The number of aryl methyl sites for hydroxylation is 1. The average molecular weight is 630 g/mol. The van der Waals surface area contributed by atoms with Gasteiger partial charge in [0.15, 0.2) is 5.82 Å². The largest absolute Gasteiger partial charge is 0.395 e. The summed E-state index contributed by atoms with van der Waals surface area (Å²) < 4.78 is 15.7. The van der Waals surface area contributed by atoms with Crippen LogP contribution in [0, 0.1) is 17.7 Å². The van der Waals surface area contributed by atoms with Crippen molar-refractivity contribution in [3.8, 4) is 11.4 Å². The molecule has 5 rings (SSSR count). The molecule has 3 N–H and O–H groups in total. The Morgan fingerprint density at radius 3 is 2.71 bits per heavy atom. The van der Waals surface area contributed by atoms with Gasteiger partial charge in [-0.25, -0.2) is 13.9 Å². The smallest absolute Gasteiger partial charge is 0.319 e. The van der Waals surface area contributed by atoms with E-state index in [1.807, 2.05) is 30.3 Å². The Hall–Kier alpha value is -2.93. The number of nitrogens with zero attached hydrogens (tertiary/aromatic N) is 6. The van der Waals surface area contributed by atoms with Crippen LogP contribution < -0.4 is 10.6 Å². The number of nitrogens with one attached hydrogen (secondary N) is 2. The molecule has 12 heteroatoms. The quantitative estimate of drug-likeness (QED) is 0.332. The molecule has 2 aliphatic rings. The lowest BCUT2D eigenvalue weighted by Gasteiger charge is -2.42. The Balaban J connectivity index is 1.22. The average Bonchev–Trinajstić information content (AvgIpc) is 3.37. The monoisotopic (exact) mass is 628 g/mol. The van der Waals surface area contributed by atoms with Crippen LogP contribution in [0.3, 0.4) is 0 Å². The minimum Gasteiger partial charge on any atom is -0.395 e. The molecule has 0 bridgehead atoms. The maximum atomic E-state index is 13.4. The summed E-state index contributed by atoms with van der Waals surface area (Å²) in [5, 5.41) is 27.4. The van der Waals surface area contributed by atoms with Gasteiger partial charge in [-0.15, -0.1) is 5.10 Å². The van der Waals surface area contributed by atoms with Gasteiger partial charge in [0.1, 0.15) is 5.82 Å². The lowest BCUT2D eigenvalue weighted by molar-refractivity contribution is 0.0814. The van der Waals surface area contributed by atoms with Crippen molar-refractivity contribution >= 4 is 27.6 Å². The highest BCUT2D eigenvalue weighted by molar-refractivity contribution is 9.10. The molecule has 41 heavy (non-hydrogen) atoms. The molecular weight excluding hydrogens is 591 g/mol. The van der Waals surface area contributed by atoms with E-state index >= 15 is 0 Å². The van der Waals surface area contributed by atoms with Gasteiger partial charge in [0, 0.05) is 55.0 Å². The highest BCUT2D eigenvalue weighted by atomic mass is 79.9. The maximum absolute atomic E-state index is 13.4. The van der Waals surface area contributed by atoms with Crippen molar-refractivity contribution in [2.45, 2.75) is 31.7 Å². The number of anilines is 1. The van der Waals surface area contributed by atoms with Crippen molar-refractivity contribution in [2.24, 2.45) is 18.9 Å². The first-order valence-electron chi connectivity index (χ1n) is 14.3. The molecule has 220 valence electrons. The third-order valence-electron chi connectivity index (χ3n) is 8.14. The molecule has 2 aromatic carbocycles. The molecule has 0 radical (unpaired) electrons. The number of urea groups is 1. The first-order chi connectivity index (χ1) is 19.9. The van der Waals surface area contributed by atoms with Gasteiger partial charge in [0.2, 0.25) is 0 Å². The summed E-state index contributed by atoms with van der Waals surface area (Å²) in [5.74, 6) is 1.23. The number of hydrogen-bond acceptors (Lipinski definition) is 7. The highest BCUT2D eigenvalue weighted by Gasteiger charge is 2.33. The van der Waals surface area contributed by atoms with E-state index in [1.54, 1.807) is 23.9 Å². The molecule has 0 saturated carbocycles. The molecule has 2 fully saturated rings. The number of halogens is 2. The van der Waals surface area contributed by atoms with Crippen LogP contribution >= 0.6 is 15.9 Å². The van der Waals surface area contributed by atoms with E-state index in [2.05, 4.69) is 51.9 Å². The number of carbonyl (C=O) groups excluding carboxylic acids is 1. The summed E-state index contributed by atoms with van der Waals surface area (Å²) >= 11 is 3.53. The molecule has 3 heterocycles. The zero-order valence-corrected chi connectivity index (χ0v) is 24.9. The summed E-state index contributed by atoms with van der Waals surface area (Å²) in [7, 11) is 1.77. The zero-order valence-electron chi connectivity index (χ0n) is 23.3. The third-order valence-corrected chi connectivity index (χ3v) is 8.60. The van der Waals surface area contributed by atoms with Crippen LogP contribution in [0.5, 0.6) is 0 Å². The number of tetrazole rings is 1. The third kappa shape index (κ3) is 8.09. The topological polar surface area (TPSA) is 111 Å². The molecule has 3 atom stereocenters. The second-order valence-corrected chi connectivity index (χ2v) is 12.1. The predicted octanol–water partition coefficient (Wildman–Crippen LogP) is 3.54. The van der Waals surface area contributed by atoms with Gasteiger partial charge in [-0.05, 0) is 96.9 Å². The molecule has 2 aliphatic heterocycles. The molecule has 2 amide bonds. The lowest BCUT2D eigenvalue weighted by Crippen LogP contribution is -2.56. The minimum atomic E-state index is -0.265. The summed E-state index contributed by atoms with van der Waals surface area (Å²) in [5.41, 5.74) is 2.60. The molecule has 2 saturated heterocycles. The predicted molar refractivity (Wildman–Crippen MR) is 159 cm³/mol. The number of rotatable bonds is 9. The van der Waals surface area contributed by atoms with Crippen molar-refractivity contribution in [3.05, 3.63) is 58.3 Å². The molecule has 1 aromatic heterocycles. The molecule has 0 unspecified atom stereocenters. The van der Waals surface area contributed by atoms with Gasteiger partial charge >= 0.3 is 6.03 Å². The fourth-order valence-electron chi connectivity index (χ4n) is 6.16. The van der Waals surface area contributed by atoms with E-state index in [4.69, 9.17) is 0 Å². The van der Waals surface area contributed by atoms with Crippen molar-refractivity contribution in [1.82, 2.24) is 35.3 Å². The van der Waals surface area contributed by atoms with Crippen LogP contribution in [0.15, 0.2) is 46.9 Å². The van der Waals surface area contributed by atoms with Crippen molar-refractivity contribution < 1.29 is 14.3 Å². The van der Waals surface area contributed by atoms with Crippen molar-refractivity contribution in [1.29, 1.82) is 0 Å². The number of amides is 2. The molecule has 0 spiro atoms. The number of aliphatic hydroxyl groups is 1. The first-order valence-corrected chi connectivity index (χ1v) is 15.1. The second-order valence-electron chi connectivity index (χ2n) is 11.2. The van der Waals surface area contributed by atoms with E-state index in [9.17, 15) is 14.3 Å². The Morgan fingerprint density at radius 1 is 1.12 bits per heavy atom. The summed E-state index contributed by atoms with van der Waals surface area (Å²) in [6.07, 6.45) is 4.21. The number of carbonyl (C=O) groups is 1. The fraction of sp³-hybridized carbons (Fsp3) is 0.517. The van der Waals surface area contributed by atoms with E-state index < -0.39 is 0 Å². The number of β-amino-alcohol motifs (C(OH)–C–C–N with tert-alkyl or cyclic N) is 1. The van der Waals surface area contributed by atoms with Crippen molar-refractivity contribution in [2.75, 3.05) is 51.2 Å². The molecule has 3 aromatic rings. The van der Waals surface area contributed by atoms with Crippen LogP contribution in [-0.4, -0.2) is 93.1 Å². The van der Waals surface area contributed by atoms with Crippen LogP contribution in [-0.2, 0) is 13.5 Å². The highest BCUT2D eigenvalue weighted by Crippen LogP contribution is 2.27. The molecule has 0 aliphatic carbocycles. The second kappa shape index (κ2) is 13.8. The number of aliphatic hydroxyl groups excluding tert-OH is 1. The van der Waals surface area contributed by atoms with E-state index in [1.165, 1.54) is 12.0 Å². The Kier molecular flexibility index (Phi) is 9.97. The summed E-state index contributed by atoms with van der Waals surface area (Å²) in [6, 6.07) is 12.1. The van der Waals surface area contributed by atoms with Gasteiger partial charge in [-0.1, -0.05) is 28.1 Å². The normalized spacial score (nSPS) is 22.0. The van der Waals surface area contributed by atoms with E-state index in [0.717, 1.165) is 55.5 Å². The summed E-state index contributed by atoms with van der Waals surface area (Å²) in [6.45, 7) is 5.25. The first kappa shape index (κ1) is 29.6. The Morgan fingerprint density at radius 2 is 1.95 bits per heavy atom. The van der Waals surface area contributed by atoms with Gasteiger partial charge in [0.05, 0.1) is 6.61 Å². The van der Waals surface area contributed by atoms with Crippen LogP contribution in [0.4, 0.5) is 14.9 Å². The molecular formula is C29H38BrFN8O2. The van der Waals surface area contributed by atoms with Crippen LogP contribution in [0.2, 0.25) is 0 Å². The Bertz CT molecular complexity index is 1310. The van der Waals surface area contributed by atoms with Crippen LogP contribution in [0.1, 0.15) is 24.8 Å². The fourth-order valence-corrected chi connectivity index (χ4v) is 6.66. The Labute approximate surface area is 248 Å². The van der Waals surface area contributed by atoms with Crippen LogP contribution in [0.25, 0.3) is 11.4 Å². The SMILES string of the molecule is Cn1nnnc1-c1cc(Br)cc(NC(=O)N[C@H]2CN(CCO)CC[C@H]2CN2CCC[C@@H](Cc3ccc(F)cc3)C2)c1. The van der Waals surface area contributed by atoms with Gasteiger partial charge in [-0.2, -0.15) is 0 Å². The standard InChI is InChI=1S/C29H38BrFN8O2/c1-37-28(34-35-36-37)23-14-24(30)16-26(15-23)32-29(41)33-27-19-38(11-12-40)10-8-22(27)18-39-9-2-3-21(17-39)13-20-4-6-25(31)7-5-20/h4-7,14-16,21-22,27,40H,2-3,8-13,17-19H2,1H3,(H2,32,33,41)/t21-,22-,27-/m0/s1. The summed E-state index contributed by atoms with van der Waals surface area (Å²) in [4.78, 5) is 18.0. The number of likely N-dealkylation sites (tertiary alicyclic amines) is 2. The van der Waals surface area contributed by atoms with Crippen molar-refractivity contribution in [3.63, 3.8) is 0 Å². The molecule has 10 nitrogen and oxygen atoms in total. The number of aromatic nitrogens is 4. The number of hydrogen-bond donors (Lipinski definition) is 3. The minimum absolute atomic E-state index is 0.0534. The van der Waals surface area contributed by atoms with Gasteiger partial charge in [-0.3, -0.25) is 4.90 Å². The lowest BCUT2D eigenvalue weighted by atomic mass is 9.87. The number of benzene rings is 2. The van der Waals surface area contributed by atoms with Gasteiger partial charge in [0.25, 0.3) is 0 Å². The van der Waals surface area contributed by atoms with Gasteiger partial charge < -0.3 is 20.6 Å². The van der Waals surface area contributed by atoms with E-state index in [-0.39, 0.29) is 24.5 Å². The zero-order chi connectivity index (χ0) is 28.8. The maximum Gasteiger partial charge on any atom is 0.319 e.